The van der Waals surface area contributed by atoms with Crippen molar-refractivity contribution < 1.29 is 14.1 Å². The third-order valence-corrected chi connectivity index (χ3v) is 4.70. The highest BCUT2D eigenvalue weighted by molar-refractivity contribution is 5.78. The molecule has 1 amide bonds. The van der Waals surface area contributed by atoms with E-state index in [-0.39, 0.29) is 24.1 Å². The van der Waals surface area contributed by atoms with Crippen LogP contribution in [-0.2, 0) is 4.79 Å². The topological polar surface area (TPSA) is 101 Å². The predicted molar refractivity (Wildman–Crippen MR) is 101 cm³/mol. The Labute approximate surface area is 161 Å². The molecule has 1 aliphatic heterocycles. The molecule has 28 heavy (non-hydrogen) atoms. The highest BCUT2D eigenvalue weighted by Gasteiger charge is 2.32. The van der Waals surface area contributed by atoms with Crippen LogP contribution in [0.25, 0.3) is 11.4 Å². The van der Waals surface area contributed by atoms with E-state index in [1.54, 1.807) is 11.0 Å². The Hall–Kier alpha value is -3.42. The first-order valence-corrected chi connectivity index (χ1v) is 9.21. The Balaban J connectivity index is 1.48. The number of hydrogen-bond donors (Lipinski definition) is 1. The Bertz CT molecular complexity index is 978. The molecule has 0 bridgehead atoms. The number of pyridine rings is 1. The van der Waals surface area contributed by atoms with Gasteiger partial charge in [-0.05, 0) is 37.5 Å². The Morgan fingerprint density at radius 1 is 1.21 bits per heavy atom. The number of H-pyrrole nitrogens is 1. The minimum atomic E-state index is -0.273. The molecule has 0 aliphatic carbocycles. The number of amides is 1. The monoisotopic (exact) mass is 380 g/mol. The van der Waals surface area contributed by atoms with E-state index < -0.39 is 0 Å². The normalized spacial score (nSPS) is 16.7. The van der Waals surface area contributed by atoms with Crippen molar-refractivity contribution in [1.82, 2.24) is 20.0 Å². The number of hydrogen-bond acceptors (Lipinski definition) is 6. The van der Waals surface area contributed by atoms with Crippen molar-refractivity contribution in [2.24, 2.45) is 0 Å². The van der Waals surface area contributed by atoms with E-state index in [0.717, 1.165) is 19.3 Å². The van der Waals surface area contributed by atoms with Crippen molar-refractivity contribution in [1.29, 1.82) is 0 Å². The van der Waals surface area contributed by atoms with E-state index in [0.29, 0.717) is 29.6 Å². The molecule has 2 aromatic heterocycles. The van der Waals surface area contributed by atoms with Crippen LogP contribution in [0.3, 0.4) is 0 Å². The molecule has 1 atom stereocenters. The summed E-state index contributed by atoms with van der Waals surface area (Å²) in [6.07, 6.45) is 4.19. The molecule has 1 N–H and O–H groups in total. The number of ether oxygens (including phenoxy) is 1. The summed E-state index contributed by atoms with van der Waals surface area (Å²) in [5.41, 5.74) is 0.450. The van der Waals surface area contributed by atoms with Gasteiger partial charge in [0.1, 0.15) is 11.8 Å². The lowest BCUT2D eigenvalue weighted by Gasteiger charge is -2.33. The van der Waals surface area contributed by atoms with Crippen molar-refractivity contribution >= 4 is 5.91 Å². The van der Waals surface area contributed by atoms with Gasteiger partial charge in [0.2, 0.25) is 17.3 Å². The number of likely N-dealkylation sites (tertiary alicyclic amines) is 1. The molecular formula is C20H20N4O4. The lowest BCUT2D eigenvalue weighted by molar-refractivity contribution is -0.138. The summed E-state index contributed by atoms with van der Waals surface area (Å²) in [5, 5.41) is 4.00. The molecule has 1 aliphatic rings. The van der Waals surface area contributed by atoms with E-state index in [2.05, 4.69) is 15.1 Å². The van der Waals surface area contributed by atoms with Gasteiger partial charge in [-0.15, -0.1) is 0 Å². The third-order valence-electron chi connectivity index (χ3n) is 4.70. The van der Waals surface area contributed by atoms with Gasteiger partial charge in [-0.2, -0.15) is 4.98 Å². The minimum Gasteiger partial charge on any atom is -0.484 e. The zero-order valence-corrected chi connectivity index (χ0v) is 15.2. The average molecular weight is 380 g/mol. The molecule has 0 spiro atoms. The second-order valence-corrected chi connectivity index (χ2v) is 6.60. The summed E-state index contributed by atoms with van der Waals surface area (Å²) in [4.78, 5) is 32.7. The molecule has 8 nitrogen and oxygen atoms in total. The Morgan fingerprint density at radius 3 is 2.86 bits per heavy atom. The number of rotatable bonds is 5. The zero-order chi connectivity index (χ0) is 19.3. The minimum absolute atomic E-state index is 0.0402. The molecule has 0 unspecified atom stereocenters. The van der Waals surface area contributed by atoms with Gasteiger partial charge >= 0.3 is 0 Å². The summed E-state index contributed by atoms with van der Waals surface area (Å²) in [6, 6.07) is 12.0. The fourth-order valence-electron chi connectivity index (χ4n) is 3.27. The molecule has 144 valence electrons. The largest absolute Gasteiger partial charge is 0.484 e. The van der Waals surface area contributed by atoms with Gasteiger partial charge in [0.15, 0.2) is 6.61 Å². The number of carbonyl (C=O) groups excluding carboxylic acids is 1. The Morgan fingerprint density at radius 2 is 2.07 bits per heavy atom. The van der Waals surface area contributed by atoms with Crippen LogP contribution in [-0.4, -0.2) is 39.1 Å². The highest BCUT2D eigenvalue weighted by atomic mass is 16.5. The second kappa shape index (κ2) is 8.08. The quantitative estimate of drug-likeness (QED) is 0.730. The van der Waals surface area contributed by atoms with Gasteiger partial charge < -0.3 is 19.1 Å². The molecule has 3 heterocycles. The fraction of sp³-hybridized carbons (Fsp3) is 0.300. The first-order valence-electron chi connectivity index (χ1n) is 9.21. The summed E-state index contributed by atoms with van der Waals surface area (Å²) in [7, 11) is 0. The third kappa shape index (κ3) is 3.95. The Kier molecular flexibility index (Phi) is 5.18. The van der Waals surface area contributed by atoms with Crippen LogP contribution in [0.4, 0.5) is 0 Å². The number of aromatic nitrogens is 3. The van der Waals surface area contributed by atoms with Crippen LogP contribution in [0.15, 0.2) is 58.0 Å². The van der Waals surface area contributed by atoms with Gasteiger partial charge in [-0.25, -0.2) is 0 Å². The maximum atomic E-state index is 12.7. The number of benzene rings is 1. The number of nitrogens with zero attached hydrogens (tertiary/aromatic N) is 3. The van der Waals surface area contributed by atoms with Crippen molar-refractivity contribution in [3.63, 3.8) is 0 Å². The van der Waals surface area contributed by atoms with Gasteiger partial charge in [0, 0.05) is 24.4 Å². The first-order chi connectivity index (χ1) is 13.7. The van der Waals surface area contributed by atoms with Crippen LogP contribution in [0.2, 0.25) is 0 Å². The van der Waals surface area contributed by atoms with E-state index in [1.165, 1.54) is 12.3 Å². The van der Waals surface area contributed by atoms with E-state index in [1.807, 2.05) is 30.3 Å². The van der Waals surface area contributed by atoms with Crippen LogP contribution in [0, 0.1) is 0 Å². The number of nitrogens with one attached hydrogen (secondary N) is 1. The van der Waals surface area contributed by atoms with Crippen molar-refractivity contribution in [2.75, 3.05) is 13.2 Å². The van der Waals surface area contributed by atoms with Gasteiger partial charge in [0.25, 0.3) is 5.91 Å². The summed E-state index contributed by atoms with van der Waals surface area (Å²) in [6.45, 7) is 0.583. The second-order valence-electron chi connectivity index (χ2n) is 6.60. The lowest BCUT2D eigenvalue weighted by atomic mass is 10.0. The van der Waals surface area contributed by atoms with E-state index in [4.69, 9.17) is 9.26 Å². The number of piperidine rings is 1. The van der Waals surface area contributed by atoms with Crippen LogP contribution < -0.4 is 10.3 Å². The molecule has 0 radical (unpaired) electrons. The first kappa shape index (κ1) is 18.0. The van der Waals surface area contributed by atoms with Gasteiger partial charge in [0.05, 0.1) is 0 Å². The maximum absolute atomic E-state index is 12.7. The van der Waals surface area contributed by atoms with E-state index >= 15 is 0 Å². The number of aromatic amines is 1. The smallest absolute Gasteiger partial charge is 0.261 e. The highest BCUT2D eigenvalue weighted by Crippen LogP contribution is 2.31. The molecular weight excluding hydrogens is 360 g/mol. The standard InChI is InChI=1S/C20H20N4O4/c25-17-10-9-14(12-21-17)19-22-20(28-23-19)16-8-4-5-11-24(16)18(26)13-27-15-6-2-1-3-7-15/h1-3,6-7,9-10,12,16H,4-5,8,11,13H2,(H,21,25)/t16-/m1/s1. The summed E-state index contributed by atoms with van der Waals surface area (Å²) < 4.78 is 11.0. The maximum Gasteiger partial charge on any atom is 0.261 e. The summed E-state index contributed by atoms with van der Waals surface area (Å²) in [5.74, 6) is 1.32. The molecule has 0 saturated carbocycles. The molecule has 8 heteroatoms. The number of para-hydroxylation sites is 1. The molecule has 4 rings (SSSR count). The van der Waals surface area contributed by atoms with Crippen molar-refractivity contribution in [2.45, 2.75) is 25.3 Å². The molecule has 1 aromatic carbocycles. The number of carbonyl (C=O) groups is 1. The zero-order valence-electron chi connectivity index (χ0n) is 15.2. The van der Waals surface area contributed by atoms with Crippen LogP contribution in [0.1, 0.15) is 31.2 Å². The van der Waals surface area contributed by atoms with E-state index in [9.17, 15) is 9.59 Å². The average Bonchev–Trinajstić information content (AvgIpc) is 3.23. The van der Waals surface area contributed by atoms with Crippen molar-refractivity contribution in [3.05, 3.63) is 64.9 Å². The molecule has 1 saturated heterocycles. The fourth-order valence-corrected chi connectivity index (χ4v) is 3.27. The molecule has 3 aromatic rings. The van der Waals surface area contributed by atoms with Crippen LogP contribution >= 0.6 is 0 Å². The predicted octanol–water partition coefficient (Wildman–Crippen LogP) is 2.56. The van der Waals surface area contributed by atoms with Crippen LogP contribution in [0.5, 0.6) is 5.75 Å². The SMILES string of the molecule is O=C(COc1ccccc1)N1CCCC[C@@H]1c1nc(-c2ccc(=O)[nH]c2)no1. The van der Waals surface area contributed by atoms with Gasteiger partial charge in [-0.1, -0.05) is 23.4 Å². The van der Waals surface area contributed by atoms with Crippen molar-refractivity contribution in [3.8, 4) is 17.1 Å². The lowest BCUT2D eigenvalue weighted by Crippen LogP contribution is -2.41. The molecule has 1 fully saturated rings. The summed E-state index contributed by atoms with van der Waals surface area (Å²) >= 11 is 0. The van der Waals surface area contributed by atoms with Gasteiger partial charge in [-0.3, -0.25) is 9.59 Å².